The molecule has 6 heteroatoms. The van der Waals surface area contributed by atoms with E-state index >= 15 is 0 Å². The fourth-order valence-electron chi connectivity index (χ4n) is 5.62. The topological polar surface area (TPSA) is 43.2 Å². The molecule has 0 rings (SSSR count). The first-order valence-corrected chi connectivity index (χ1v) is 20.5. The summed E-state index contributed by atoms with van der Waals surface area (Å²) in [6.45, 7) is 7.65. The number of hydrogen-bond acceptors (Lipinski definition) is 4. The third kappa shape index (κ3) is 43.1. The van der Waals surface area contributed by atoms with Crippen LogP contribution in [0.15, 0.2) is 34.6 Å². The number of rotatable bonds is 38. The molecule has 0 radical (unpaired) electrons. The number of likely N-dealkylation sites (N-methyl/N-ethyl adjacent to an activating group) is 1. The molecule has 0 N–H and O–H groups in total. The lowest BCUT2D eigenvalue weighted by atomic mass is 10.1. The van der Waals surface area contributed by atoms with Crippen LogP contribution in [0, 0.1) is 0 Å². The first-order chi connectivity index (χ1) is 23.1. The summed E-state index contributed by atoms with van der Waals surface area (Å²) in [5.74, 6) is 0. The first kappa shape index (κ1) is 49.2. The Hall–Kier alpha value is -0.890. The molecule has 0 aliphatic rings. The van der Waals surface area contributed by atoms with Crippen LogP contribution in [0.5, 0.6) is 0 Å². The Balaban J connectivity index is 0. The zero-order valence-electron chi connectivity index (χ0n) is 32.6. The van der Waals surface area contributed by atoms with Crippen molar-refractivity contribution in [3.05, 3.63) is 24.3 Å². The quantitative estimate of drug-likeness (QED) is 0.0156. The lowest BCUT2D eigenvalue weighted by Gasteiger charge is -2.28. The maximum absolute atomic E-state index is 5.51. The van der Waals surface area contributed by atoms with Gasteiger partial charge in [-0.15, -0.1) is 0 Å². The van der Waals surface area contributed by atoms with Crippen LogP contribution in [0.3, 0.4) is 0 Å². The van der Waals surface area contributed by atoms with Gasteiger partial charge in [0.1, 0.15) is 13.1 Å². The van der Waals surface area contributed by atoms with Crippen LogP contribution in [-0.4, -0.2) is 57.3 Å². The van der Waals surface area contributed by atoms with Gasteiger partial charge in [-0.1, -0.05) is 151 Å². The molecular weight excluding hydrogens is 705 g/mol. The van der Waals surface area contributed by atoms with Crippen molar-refractivity contribution in [2.24, 2.45) is 10.3 Å². The highest BCUT2D eigenvalue weighted by molar-refractivity contribution is 5.56. The third-order valence-corrected chi connectivity index (χ3v) is 9.06. The van der Waals surface area contributed by atoms with Gasteiger partial charge in [0, 0.05) is 12.4 Å². The summed E-state index contributed by atoms with van der Waals surface area (Å²) in [6.07, 6.45) is 50.2. The molecule has 0 fully saturated rings. The third-order valence-electron chi connectivity index (χ3n) is 9.06. The van der Waals surface area contributed by atoms with E-state index in [1.165, 1.54) is 167 Å². The minimum Gasteiger partial charge on any atom is -1.00 e. The number of nitrogens with zero attached hydrogens (tertiary/aromatic N) is 3. The maximum Gasteiger partial charge on any atom is 0.165 e. The van der Waals surface area contributed by atoms with E-state index in [4.69, 9.17) is 9.68 Å². The monoisotopic (exact) mass is 788 g/mol. The molecule has 284 valence electrons. The lowest BCUT2D eigenvalue weighted by molar-refractivity contribution is -0.891. The van der Waals surface area contributed by atoms with E-state index in [1.807, 2.05) is 12.4 Å². The number of unbranched alkanes of at least 4 members (excludes halogenated alkanes) is 24. The van der Waals surface area contributed by atoms with Gasteiger partial charge in [0.15, 0.2) is 13.2 Å². The molecule has 0 heterocycles. The molecule has 0 unspecified atom stereocenters. The summed E-state index contributed by atoms with van der Waals surface area (Å²) >= 11 is 0. The molecule has 0 atom stereocenters. The normalized spacial score (nSPS) is 12.2. The van der Waals surface area contributed by atoms with E-state index in [-0.39, 0.29) is 24.0 Å². The Bertz CT molecular complexity index is 666. The van der Waals surface area contributed by atoms with Gasteiger partial charge in [-0.25, -0.2) is 0 Å². The predicted octanol–water partition coefficient (Wildman–Crippen LogP) is 10.1. The highest BCUT2D eigenvalue weighted by Crippen LogP contribution is 2.11. The van der Waals surface area contributed by atoms with Crippen molar-refractivity contribution in [1.29, 1.82) is 0 Å². The molecule has 0 aromatic rings. The summed E-state index contributed by atoms with van der Waals surface area (Å²) in [4.78, 5) is 11.0. The van der Waals surface area contributed by atoms with E-state index in [0.29, 0.717) is 13.2 Å². The molecule has 5 nitrogen and oxygen atoms in total. The molecule has 0 saturated carbocycles. The van der Waals surface area contributed by atoms with E-state index in [0.717, 1.165) is 30.4 Å². The Morgan fingerprint density at radius 2 is 0.667 bits per heavy atom. The van der Waals surface area contributed by atoms with Crippen LogP contribution in [0.4, 0.5) is 0 Å². The van der Waals surface area contributed by atoms with Gasteiger partial charge in [0.05, 0.1) is 14.1 Å². The van der Waals surface area contributed by atoms with Crippen LogP contribution in [0.2, 0.25) is 0 Å². The van der Waals surface area contributed by atoms with Crippen LogP contribution >= 0.6 is 0 Å². The fraction of sp³-hybridized carbons (Fsp3) is 0.857. The molecule has 0 bridgehead atoms. The van der Waals surface area contributed by atoms with E-state index in [2.05, 4.69) is 62.6 Å². The highest BCUT2D eigenvalue weighted by atomic mass is 127. The number of oxime groups is 2. The van der Waals surface area contributed by atoms with E-state index in [9.17, 15) is 0 Å². The van der Waals surface area contributed by atoms with Crippen LogP contribution in [0.1, 0.15) is 194 Å². The van der Waals surface area contributed by atoms with Crippen LogP contribution < -0.4 is 24.0 Å². The highest BCUT2D eigenvalue weighted by Gasteiger charge is 2.14. The molecule has 0 amide bonds. The predicted molar refractivity (Wildman–Crippen MR) is 210 cm³/mol. The average Bonchev–Trinajstić information content (AvgIpc) is 3.06. The SMILES string of the molecule is CCCCCCCC/C=C\CCCCCCC/C=N\OCC[N+](C)(C)CCO/N=C\CCCCCCC/C=C\CCCCCCCC.[I-]. The molecular formula is C42H82IN3O2. The lowest BCUT2D eigenvalue weighted by Crippen LogP contribution is -3.00. The van der Waals surface area contributed by atoms with Crippen molar-refractivity contribution >= 4 is 12.4 Å². The van der Waals surface area contributed by atoms with Crippen molar-refractivity contribution in [2.75, 3.05) is 40.4 Å². The second-order valence-electron chi connectivity index (χ2n) is 14.4. The molecule has 0 spiro atoms. The van der Waals surface area contributed by atoms with E-state index in [1.54, 1.807) is 0 Å². The zero-order chi connectivity index (χ0) is 34.2. The van der Waals surface area contributed by atoms with Gasteiger partial charge in [-0.05, 0) is 77.0 Å². The number of hydrogen-bond donors (Lipinski definition) is 0. The summed E-state index contributed by atoms with van der Waals surface area (Å²) in [7, 11) is 4.41. The van der Waals surface area contributed by atoms with Crippen molar-refractivity contribution in [2.45, 2.75) is 194 Å². The van der Waals surface area contributed by atoms with Gasteiger partial charge in [0.2, 0.25) is 0 Å². The fourth-order valence-corrected chi connectivity index (χ4v) is 5.62. The maximum atomic E-state index is 5.51. The summed E-state index contributed by atoms with van der Waals surface area (Å²) in [5.41, 5.74) is 0. The first-order valence-electron chi connectivity index (χ1n) is 20.5. The minimum atomic E-state index is 0. The minimum absolute atomic E-state index is 0. The average molecular weight is 788 g/mol. The van der Waals surface area contributed by atoms with Crippen LogP contribution in [-0.2, 0) is 9.68 Å². The number of halogens is 1. The Labute approximate surface area is 317 Å². The molecule has 0 aliphatic carbocycles. The van der Waals surface area contributed by atoms with Gasteiger partial charge >= 0.3 is 0 Å². The van der Waals surface area contributed by atoms with Gasteiger partial charge in [-0.3, -0.25) is 0 Å². The van der Waals surface area contributed by atoms with Gasteiger partial charge < -0.3 is 38.1 Å². The second-order valence-corrected chi connectivity index (χ2v) is 14.4. The molecule has 48 heavy (non-hydrogen) atoms. The number of quaternary nitrogens is 1. The molecule has 0 saturated heterocycles. The number of allylic oxidation sites excluding steroid dienone is 4. The smallest absolute Gasteiger partial charge is 0.165 e. The van der Waals surface area contributed by atoms with Gasteiger partial charge in [-0.2, -0.15) is 0 Å². The van der Waals surface area contributed by atoms with Crippen molar-refractivity contribution in [3.8, 4) is 0 Å². The molecule has 0 aromatic carbocycles. The van der Waals surface area contributed by atoms with Gasteiger partial charge in [0.25, 0.3) is 0 Å². The van der Waals surface area contributed by atoms with Crippen LogP contribution in [0.25, 0.3) is 0 Å². The Morgan fingerprint density at radius 3 is 0.979 bits per heavy atom. The zero-order valence-corrected chi connectivity index (χ0v) is 34.8. The van der Waals surface area contributed by atoms with Crippen molar-refractivity contribution in [1.82, 2.24) is 0 Å². The summed E-state index contributed by atoms with van der Waals surface area (Å²) in [5, 5.41) is 8.33. The van der Waals surface area contributed by atoms with Crippen molar-refractivity contribution < 1.29 is 38.1 Å². The molecule has 0 aromatic heterocycles. The Morgan fingerprint density at radius 1 is 0.396 bits per heavy atom. The second kappa shape index (κ2) is 42.3. The largest absolute Gasteiger partial charge is 1.00 e. The van der Waals surface area contributed by atoms with Crippen molar-refractivity contribution in [3.63, 3.8) is 0 Å². The summed E-state index contributed by atoms with van der Waals surface area (Å²) < 4.78 is 0.841. The summed E-state index contributed by atoms with van der Waals surface area (Å²) in [6, 6.07) is 0. The Kier molecular flexibility index (Phi) is 43.4. The standard InChI is InChI=1S/C42H82N3O2.HI/c1-5-7-9-11-13-15-17-19-21-23-25-27-29-31-33-35-37-43-46-41-39-45(3,4)40-42-47-44-38-36-34-32-30-28-26-24-22-20-18-16-14-12-10-8-6-2;/h19-22,37-38H,5-18,23-36,39-42H2,1-4H3;1H/q+1;/p-1/b21-19-,22-20-,43-37-,44-38-;. The molecule has 0 aliphatic heterocycles. The van der Waals surface area contributed by atoms with E-state index < -0.39 is 0 Å².